The molecule has 1 aromatic heterocycles. The SMILES string of the molecule is CC(/C=C/c1ccccc1)=N\NC(=O)Cn1cncn1. The van der Waals surface area contributed by atoms with E-state index in [9.17, 15) is 4.79 Å². The van der Waals surface area contributed by atoms with Crippen LogP contribution in [0.4, 0.5) is 0 Å². The van der Waals surface area contributed by atoms with E-state index in [4.69, 9.17) is 0 Å². The molecule has 1 aromatic carbocycles. The third kappa shape index (κ3) is 4.49. The second-order valence-corrected chi connectivity index (χ2v) is 4.13. The highest BCUT2D eigenvalue weighted by molar-refractivity contribution is 5.96. The first kappa shape index (κ1) is 13.7. The Hall–Kier alpha value is -2.76. The summed E-state index contributed by atoms with van der Waals surface area (Å²) in [7, 11) is 0. The van der Waals surface area contributed by atoms with Gasteiger partial charge in [-0.15, -0.1) is 0 Å². The zero-order chi connectivity index (χ0) is 14.2. The van der Waals surface area contributed by atoms with Gasteiger partial charge in [-0.25, -0.2) is 15.1 Å². The fourth-order valence-electron chi connectivity index (χ4n) is 1.47. The third-order valence-corrected chi connectivity index (χ3v) is 2.45. The third-order valence-electron chi connectivity index (χ3n) is 2.45. The van der Waals surface area contributed by atoms with Gasteiger partial charge in [0, 0.05) is 0 Å². The first-order valence-electron chi connectivity index (χ1n) is 6.13. The monoisotopic (exact) mass is 269 g/mol. The summed E-state index contributed by atoms with van der Waals surface area (Å²) < 4.78 is 1.43. The van der Waals surface area contributed by atoms with Gasteiger partial charge in [-0.3, -0.25) is 4.79 Å². The van der Waals surface area contributed by atoms with Crippen LogP contribution in [0.2, 0.25) is 0 Å². The Morgan fingerprint density at radius 3 is 2.90 bits per heavy atom. The molecule has 20 heavy (non-hydrogen) atoms. The van der Waals surface area contributed by atoms with Gasteiger partial charge in [-0.2, -0.15) is 10.2 Å². The van der Waals surface area contributed by atoms with Crippen molar-refractivity contribution in [3.63, 3.8) is 0 Å². The summed E-state index contributed by atoms with van der Waals surface area (Å²) in [5.41, 5.74) is 4.25. The molecule has 6 nitrogen and oxygen atoms in total. The molecule has 0 unspecified atom stereocenters. The van der Waals surface area contributed by atoms with Gasteiger partial charge < -0.3 is 0 Å². The quantitative estimate of drug-likeness (QED) is 0.660. The molecule has 1 heterocycles. The molecule has 2 aromatic rings. The van der Waals surface area contributed by atoms with Gasteiger partial charge >= 0.3 is 0 Å². The summed E-state index contributed by atoms with van der Waals surface area (Å²) in [5.74, 6) is -0.247. The normalized spacial score (nSPS) is 11.8. The van der Waals surface area contributed by atoms with E-state index in [0.717, 1.165) is 5.56 Å². The fraction of sp³-hybridized carbons (Fsp3) is 0.143. The van der Waals surface area contributed by atoms with Gasteiger partial charge in [0.1, 0.15) is 19.2 Å². The molecule has 0 aliphatic heterocycles. The fourth-order valence-corrected chi connectivity index (χ4v) is 1.47. The molecule has 2 rings (SSSR count). The van der Waals surface area contributed by atoms with Crippen molar-refractivity contribution in [2.24, 2.45) is 5.10 Å². The van der Waals surface area contributed by atoms with Crippen LogP contribution in [0, 0.1) is 0 Å². The van der Waals surface area contributed by atoms with Crippen LogP contribution in [0.25, 0.3) is 6.08 Å². The minimum Gasteiger partial charge on any atom is -0.271 e. The molecule has 0 spiro atoms. The van der Waals surface area contributed by atoms with E-state index in [1.165, 1.54) is 17.3 Å². The predicted octanol–water partition coefficient (Wildman–Crippen LogP) is 1.48. The van der Waals surface area contributed by atoms with Crippen LogP contribution in [0.15, 0.2) is 54.2 Å². The Kier molecular flexibility index (Phi) is 4.77. The number of rotatable bonds is 5. The smallest absolute Gasteiger partial charge is 0.261 e. The summed E-state index contributed by atoms with van der Waals surface area (Å²) in [5, 5.41) is 7.83. The summed E-state index contributed by atoms with van der Waals surface area (Å²) in [6.07, 6.45) is 6.63. The number of hydrazone groups is 1. The highest BCUT2D eigenvalue weighted by Gasteiger charge is 2.01. The van der Waals surface area contributed by atoms with Crippen LogP contribution in [-0.4, -0.2) is 26.4 Å². The van der Waals surface area contributed by atoms with Crippen molar-refractivity contribution >= 4 is 17.7 Å². The molecule has 0 aliphatic carbocycles. The van der Waals surface area contributed by atoms with Crippen LogP contribution in [0.5, 0.6) is 0 Å². The molecule has 1 amide bonds. The Labute approximate surface area is 116 Å². The lowest BCUT2D eigenvalue weighted by atomic mass is 10.2. The zero-order valence-corrected chi connectivity index (χ0v) is 11.1. The van der Waals surface area contributed by atoms with Gasteiger partial charge in [-0.05, 0) is 18.6 Å². The van der Waals surface area contributed by atoms with Gasteiger partial charge in [0.2, 0.25) is 0 Å². The van der Waals surface area contributed by atoms with Crippen molar-refractivity contribution in [1.82, 2.24) is 20.2 Å². The maximum Gasteiger partial charge on any atom is 0.261 e. The second-order valence-electron chi connectivity index (χ2n) is 4.13. The highest BCUT2D eigenvalue weighted by atomic mass is 16.2. The second kappa shape index (κ2) is 6.98. The number of carbonyl (C=O) groups excluding carboxylic acids is 1. The maximum absolute atomic E-state index is 11.6. The molecular formula is C14H15N5O. The number of aromatic nitrogens is 3. The van der Waals surface area contributed by atoms with Crippen LogP contribution in [0.1, 0.15) is 12.5 Å². The van der Waals surface area contributed by atoms with Gasteiger partial charge in [-0.1, -0.05) is 36.4 Å². The minimum absolute atomic E-state index is 0.0964. The molecular weight excluding hydrogens is 254 g/mol. The van der Waals surface area contributed by atoms with E-state index < -0.39 is 0 Å². The molecule has 1 N–H and O–H groups in total. The lowest BCUT2D eigenvalue weighted by molar-refractivity contribution is -0.121. The zero-order valence-electron chi connectivity index (χ0n) is 11.1. The van der Waals surface area contributed by atoms with Crippen LogP contribution in [0.3, 0.4) is 0 Å². The largest absolute Gasteiger partial charge is 0.271 e. The lowest BCUT2D eigenvalue weighted by Crippen LogP contribution is -2.24. The number of benzene rings is 1. The maximum atomic E-state index is 11.6. The Morgan fingerprint density at radius 2 is 2.20 bits per heavy atom. The van der Waals surface area contributed by atoms with E-state index in [-0.39, 0.29) is 12.5 Å². The minimum atomic E-state index is -0.247. The topological polar surface area (TPSA) is 72.2 Å². The molecule has 0 bridgehead atoms. The number of allylic oxidation sites excluding steroid dienone is 1. The van der Waals surface area contributed by atoms with Gasteiger partial charge in [0.15, 0.2) is 0 Å². The first-order valence-corrected chi connectivity index (χ1v) is 6.13. The molecule has 0 aliphatic rings. The van der Waals surface area contributed by atoms with Crippen molar-refractivity contribution in [1.29, 1.82) is 0 Å². The van der Waals surface area contributed by atoms with E-state index in [1.54, 1.807) is 0 Å². The Bertz CT molecular complexity index is 602. The number of carbonyl (C=O) groups is 1. The molecule has 0 radical (unpaired) electrons. The molecule has 0 fully saturated rings. The van der Waals surface area contributed by atoms with Crippen LogP contribution in [-0.2, 0) is 11.3 Å². The Balaban J connectivity index is 1.84. The number of hydrogen-bond donors (Lipinski definition) is 1. The van der Waals surface area contributed by atoms with E-state index >= 15 is 0 Å². The number of hydrogen-bond acceptors (Lipinski definition) is 4. The highest BCUT2D eigenvalue weighted by Crippen LogP contribution is 2.00. The summed E-state index contributed by atoms with van der Waals surface area (Å²) >= 11 is 0. The number of nitrogens with zero attached hydrogens (tertiary/aromatic N) is 4. The van der Waals surface area contributed by atoms with Crippen LogP contribution >= 0.6 is 0 Å². The summed E-state index contributed by atoms with van der Waals surface area (Å²) in [4.78, 5) is 15.3. The summed E-state index contributed by atoms with van der Waals surface area (Å²) in [6.45, 7) is 1.91. The van der Waals surface area contributed by atoms with Crippen molar-refractivity contribution < 1.29 is 4.79 Å². The molecule has 0 atom stereocenters. The predicted molar refractivity (Wildman–Crippen MR) is 76.7 cm³/mol. The van der Waals surface area contributed by atoms with E-state index in [1.807, 2.05) is 49.4 Å². The lowest BCUT2D eigenvalue weighted by Gasteiger charge is -2.00. The average Bonchev–Trinajstić information content (AvgIpc) is 2.97. The van der Waals surface area contributed by atoms with Crippen molar-refractivity contribution in [3.8, 4) is 0 Å². The number of amides is 1. The number of nitrogens with one attached hydrogen (secondary N) is 1. The van der Waals surface area contributed by atoms with Gasteiger partial charge in [0.25, 0.3) is 5.91 Å². The van der Waals surface area contributed by atoms with Crippen molar-refractivity contribution in [2.45, 2.75) is 13.5 Å². The molecule has 6 heteroatoms. The van der Waals surface area contributed by atoms with E-state index in [0.29, 0.717) is 5.71 Å². The molecule has 0 saturated carbocycles. The average molecular weight is 269 g/mol. The van der Waals surface area contributed by atoms with Gasteiger partial charge in [0.05, 0.1) is 5.71 Å². The van der Waals surface area contributed by atoms with Crippen LogP contribution < -0.4 is 5.43 Å². The van der Waals surface area contributed by atoms with E-state index in [2.05, 4.69) is 20.6 Å². The van der Waals surface area contributed by atoms with Crippen molar-refractivity contribution in [3.05, 3.63) is 54.6 Å². The molecule has 102 valence electrons. The first-order chi connectivity index (χ1) is 9.74. The standard InChI is InChI=1S/C14H15N5O/c1-12(7-8-13-5-3-2-4-6-13)17-18-14(20)9-19-11-15-10-16-19/h2-8,10-11H,9H2,1H3,(H,18,20)/b8-7+,17-12+. The summed E-state index contributed by atoms with van der Waals surface area (Å²) in [6, 6.07) is 9.88. The Morgan fingerprint density at radius 1 is 1.40 bits per heavy atom. The molecule has 0 saturated heterocycles. The van der Waals surface area contributed by atoms with Crippen molar-refractivity contribution in [2.75, 3.05) is 0 Å².